The fourth-order valence-electron chi connectivity index (χ4n) is 2.98. The predicted molar refractivity (Wildman–Crippen MR) is 113 cm³/mol. The van der Waals surface area contributed by atoms with Crippen LogP contribution in [0.15, 0.2) is 46.8 Å². The van der Waals surface area contributed by atoms with E-state index in [0.29, 0.717) is 6.54 Å². The van der Waals surface area contributed by atoms with Crippen LogP contribution in [-0.4, -0.2) is 24.7 Å². The molecular formula is C20H25BrN2OS. The molecule has 0 amide bonds. The molecule has 0 saturated heterocycles. The van der Waals surface area contributed by atoms with Crippen LogP contribution in [-0.2, 0) is 6.42 Å². The largest absolute Gasteiger partial charge is 0.322 e. The topological polar surface area (TPSA) is 32.7 Å². The van der Waals surface area contributed by atoms with Crippen LogP contribution in [0.3, 0.4) is 0 Å². The van der Waals surface area contributed by atoms with E-state index in [1.165, 1.54) is 23.3 Å². The number of aryl methyl sites for hydroxylation is 1. The number of amidine groups is 1. The van der Waals surface area contributed by atoms with Crippen LogP contribution >= 0.6 is 28.3 Å². The fraction of sp³-hybridized carbons (Fsp3) is 0.400. The van der Waals surface area contributed by atoms with Gasteiger partial charge in [-0.15, -0.1) is 28.3 Å². The highest BCUT2D eigenvalue weighted by molar-refractivity contribution is 8.93. The van der Waals surface area contributed by atoms with E-state index in [-0.39, 0.29) is 22.8 Å². The number of hydrogen-bond acceptors (Lipinski definition) is 4. The van der Waals surface area contributed by atoms with Crippen molar-refractivity contribution in [3.8, 4) is 0 Å². The maximum atomic E-state index is 12.7. The first-order chi connectivity index (χ1) is 11.8. The Bertz CT molecular complexity index is 695. The fourth-order valence-corrected chi connectivity index (χ4v) is 3.64. The van der Waals surface area contributed by atoms with Gasteiger partial charge >= 0.3 is 0 Å². The molecule has 134 valence electrons. The van der Waals surface area contributed by atoms with E-state index in [0.717, 1.165) is 48.6 Å². The second-order valence-electron chi connectivity index (χ2n) is 6.12. The minimum Gasteiger partial charge on any atom is -0.322 e. The standard InChI is InChI=1S/C20H24N2OS.BrH/c1-2-16-9-11-17(12-10-16)22(20-8-4-3-5-13-21-20)15-18(23)19-7-6-14-24-19;/h6-7,9-12,14H,2-5,8,13,15H2,1H3;1H. The number of thiophene rings is 1. The number of hydrogen-bond donors (Lipinski definition) is 0. The average Bonchev–Trinajstić information content (AvgIpc) is 3.03. The monoisotopic (exact) mass is 420 g/mol. The van der Waals surface area contributed by atoms with Crippen molar-refractivity contribution < 1.29 is 4.79 Å². The number of nitrogens with zero attached hydrogens (tertiary/aromatic N) is 2. The molecule has 1 aromatic carbocycles. The van der Waals surface area contributed by atoms with E-state index in [4.69, 9.17) is 4.99 Å². The van der Waals surface area contributed by atoms with E-state index in [1.807, 2.05) is 17.5 Å². The van der Waals surface area contributed by atoms with Crippen molar-refractivity contribution in [1.82, 2.24) is 0 Å². The van der Waals surface area contributed by atoms with Crippen LogP contribution in [0.25, 0.3) is 0 Å². The van der Waals surface area contributed by atoms with Crippen LogP contribution in [0.2, 0.25) is 0 Å². The number of halogens is 1. The first kappa shape index (κ1) is 19.9. The van der Waals surface area contributed by atoms with E-state index in [1.54, 1.807) is 0 Å². The van der Waals surface area contributed by atoms with Crippen molar-refractivity contribution in [3.05, 3.63) is 52.2 Å². The first-order valence-electron chi connectivity index (χ1n) is 8.74. The molecule has 25 heavy (non-hydrogen) atoms. The van der Waals surface area contributed by atoms with Gasteiger partial charge in [-0.1, -0.05) is 31.5 Å². The molecule has 5 heteroatoms. The average molecular weight is 421 g/mol. The van der Waals surface area contributed by atoms with Gasteiger partial charge in [0.1, 0.15) is 5.84 Å². The lowest BCUT2D eigenvalue weighted by molar-refractivity contribution is 0.101. The number of Topliss-reactive ketones (excluding diaryl/α,β-unsaturated/α-hetero) is 1. The zero-order valence-electron chi connectivity index (χ0n) is 14.6. The highest BCUT2D eigenvalue weighted by atomic mass is 79.9. The summed E-state index contributed by atoms with van der Waals surface area (Å²) in [7, 11) is 0. The Morgan fingerprint density at radius 3 is 2.64 bits per heavy atom. The first-order valence-corrected chi connectivity index (χ1v) is 9.62. The Morgan fingerprint density at radius 2 is 1.96 bits per heavy atom. The minimum absolute atomic E-state index is 0. The molecule has 1 aliphatic heterocycles. The third-order valence-corrected chi connectivity index (χ3v) is 5.33. The van der Waals surface area contributed by atoms with Crippen LogP contribution in [0.1, 0.15) is 47.8 Å². The van der Waals surface area contributed by atoms with Gasteiger partial charge in [-0.2, -0.15) is 0 Å². The molecule has 1 aromatic heterocycles. The van der Waals surface area contributed by atoms with Crippen LogP contribution in [0.4, 0.5) is 5.69 Å². The van der Waals surface area contributed by atoms with Crippen molar-refractivity contribution in [3.63, 3.8) is 0 Å². The maximum Gasteiger partial charge on any atom is 0.192 e. The van der Waals surface area contributed by atoms with Crippen LogP contribution in [0.5, 0.6) is 0 Å². The highest BCUT2D eigenvalue weighted by Crippen LogP contribution is 2.21. The van der Waals surface area contributed by atoms with E-state index in [9.17, 15) is 4.79 Å². The highest BCUT2D eigenvalue weighted by Gasteiger charge is 2.19. The van der Waals surface area contributed by atoms with Gasteiger partial charge in [0.25, 0.3) is 0 Å². The summed E-state index contributed by atoms with van der Waals surface area (Å²) in [4.78, 5) is 20.4. The quantitative estimate of drug-likeness (QED) is 0.593. The summed E-state index contributed by atoms with van der Waals surface area (Å²) >= 11 is 1.51. The molecule has 0 aliphatic carbocycles. The number of rotatable bonds is 5. The molecule has 0 bridgehead atoms. The Hall–Kier alpha value is -1.46. The molecule has 0 spiro atoms. The van der Waals surface area contributed by atoms with Gasteiger partial charge in [0.2, 0.25) is 0 Å². The normalized spacial score (nSPS) is 14.2. The van der Waals surface area contributed by atoms with E-state index in [2.05, 4.69) is 36.1 Å². The summed E-state index contributed by atoms with van der Waals surface area (Å²) in [6.07, 6.45) is 5.48. The number of aliphatic imine (C=N–C) groups is 1. The summed E-state index contributed by atoms with van der Waals surface area (Å²) in [5.41, 5.74) is 2.38. The molecule has 0 unspecified atom stereocenters. The van der Waals surface area contributed by atoms with Crippen LogP contribution < -0.4 is 4.90 Å². The Balaban J connectivity index is 0.00000225. The van der Waals surface area contributed by atoms with E-state index < -0.39 is 0 Å². The van der Waals surface area contributed by atoms with Crippen molar-refractivity contribution in [1.29, 1.82) is 0 Å². The number of anilines is 1. The molecule has 0 radical (unpaired) electrons. The maximum absolute atomic E-state index is 12.7. The van der Waals surface area contributed by atoms with Gasteiger partial charge in [0, 0.05) is 18.7 Å². The molecule has 2 aromatic rings. The SMILES string of the molecule is Br.CCc1ccc(N(CC(=O)c2cccs2)C2=NCCCCC2)cc1. The van der Waals surface area contributed by atoms with Gasteiger partial charge in [0.05, 0.1) is 11.4 Å². The van der Waals surface area contributed by atoms with Gasteiger partial charge < -0.3 is 4.90 Å². The Labute approximate surface area is 164 Å². The summed E-state index contributed by atoms with van der Waals surface area (Å²) in [5, 5.41) is 1.96. The number of ketones is 1. The van der Waals surface area contributed by atoms with Crippen molar-refractivity contribution in [2.45, 2.75) is 39.0 Å². The molecule has 3 nitrogen and oxygen atoms in total. The molecule has 2 heterocycles. The lowest BCUT2D eigenvalue weighted by Crippen LogP contribution is -2.35. The van der Waals surface area contributed by atoms with Crippen LogP contribution in [0, 0.1) is 0 Å². The van der Waals surface area contributed by atoms with E-state index >= 15 is 0 Å². The molecule has 0 fully saturated rings. The summed E-state index contributed by atoms with van der Waals surface area (Å²) in [6, 6.07) is 12.4. The smallest absolute Gasteiger partial charge is 0.192 e. The summed E-state index contributed by atoms with van der Waals surface area (Å²) < 4.78 is 0. The zero-order chi connectivity index (χ0) is 16.8. The molecule has 0 saturated carbocycles. The number of carbonyl (C=O) groups is 1. The third-order valence-electron chi connectivity index (χ3n) is 4.42. The van der Waals surface area contributed by atoms with Gasteiger partial charge in [-0.3, -0.25) is 9.79 Å². The van der Waals surface area contributed by atoms with Gasteiger partial charge in [-0.05, 0) is 48.4 Å². The zero-order valence-corrected chi connectivity index (χ0v) is 17.1. The Morgan fingerprint density at radius 1 is 1.16 bits per heavy atom. The third kappa shape index (κ3) is 5.25. The molecule has 1 aliphatic rings. The van der Waals surface area contributed by atoms with Gasteiger partial charge in [0.15, 0.2) is 5.78 Å². The number of carbonyl (C=O) groups excluding carboxylic acids is 1. The molecule has 0 N–H and O–H groups in total. The van der Waals surface area contributed by atoms with Crippen molar-refractivity contribution >= 4 is 45.6 Å². The van der Waals surface area contributed by atoms with Crippen molar-refractivity contribution in [2.75, 3.05) is 18.0 Å². The molecule has 0 atom stereocenters. The predicted octanol–water partition coefficient (Wildman–Crippen LogP) is 5.55. The lowest BCUT2D eigenvalue weighted by Gasteiger charge is -2.25. The minimum atomic E-state index is 0. The van der Waals surface area contributed by atoms with Crippen molar-refractivity contribution in [2.24, 2.45) is 4.99 Å². The molecule has 3 rings (SSSR count). The second kappa shape index (κ2) is 9.88. The number of benzene rings is 1. The summed E-state index contributed by atoms with van der Waals surface area (Å²) in [5.74, 6) is 1.22. The lowest BCUT2D eigenvalue weighted by atomic mass is 10.1. The Kier molecular flexibility index (Phi) is 7.85. The molecular weight excluding hydrogens is 396 g/mol. The second-order valence-corrected chi connectivity index (χ2v) is 7.06. The van der Waals surface area contributed by atoms with Gasteiger partial charge in [-0.25, -0.2) is 0 Å². The summed E-state index contributed by atoms with van der Waals surface area (Å²) in [6.45, 7) is 3.39.